The molecule has 0 radical (unpaired) electrons. The van der Waals surface area contributed by atoms with E-state index >= 15 is 0 Å². The predicted octanol–water partition coefficient (Wildman–Crippen LogP) is 1.90. The number of carbonyl (C=O) groups is 1. The normalized spacial score (nSPS) is 27.5. The average Bonchev–Trinajstić information content (AvgIpc) is 2.97. The topological polar surface area (TPSA) is 45.7 Å². The number of carbonyl (C=O) groups excluding carboxylic acids is 1. The molecular formula is C18H27N3O2. The van der Waals surface area contributed by atoms with Crippen molar-refractivity contribution < 1.29 is 9.53 Å². The minimum Gasteiger partial charge on any atom is -0.376 e. The first-order valence-corrected chi connectivity index (χ1v) is 8.58. The van der Waals surface area contributed by atoms with E-state index in [9.17, 15) is 4.79 Å². The van der Waals surface area contributed by atoms with Crippen LogP contribution in [0.5, 0.6) is 0 Å². The lowest BCUT2D eigenvalue weighted by Crippen LogP contribution is -2.47. The molecule has 5 nitrogen and oxygen atoms in total. The van der Waals surface area contributed by atoms with E-state index in [1.807, 2.05) is 17.0 Å². The SMILES string of the molecule is CC(C)N(C)C[C@@H]1OC[C@H]2CCN(C(=O)c3ccccn3)C[C@H]21. The maximum atomic E-state index is 12.6. The monoisotopic (exact) mass is 317 g/mol. The Labute approximate surface area is 138 Å². The number of aromatic nitrogens is 1. The van der Waals surface area contributed by atoms with Gasteiger partial charge < -0.3 is 14.5 Å². The van der Waals surface area contributed by atoms with Crippen LogP contribution < -0.4 is 0 Å². The first-order valence-electron chi connectivity index (χ1n) is 8.58. The van der Waals surface area contributed by atoms with Gasteiger partial charge in [-0.15, -0.1) is 0 Å². The summed E-state index contributed by atoms with van der Waals surface area (Å²) in [6, 6.07) is 6.01. The Balaban J connectivity index is 1.66. The zero-order valence-corrected chi connectivity index (χ0v) is 14.3. The van der Waals surface area contributed by atoms with Crippen molar-refractivity contribution in [3.05, 3.63) is 30.1 Å². The smallest absolute Gasteiger partial charge is 0.272 e. The van der Waals surface area contributed by atoms with Gasteiger partial charge in [0.25, 0.3) is 5.91 Å². The molecular weight excluding hydrogens is 290 g/mol. The van der Waals surface area contributed by atoms with Crippen LogP contribution >= 0.6 is 0 Å². The van der Waals surface area contributed by atoms with Crippen molar-refractivity contribution in [2.75, 3.05) is 33.3 Å². The van der Waals surface area contributed by atoms with Gasteiger partial charge in [-0.25, -0.2) is 0 Å². The van der Waals surface area contributed by atoms with E-state index in [2.05, 4.69) is 30.8 Å². The van der Waals surface area contributed by atoms with Crippen LogP contribution in [-0.2, 0) is 4.74 Å². The summed E-state index contributed by atoms with van der Waals surface area (Å²) in [5.41, 5.74) is 0.542. The van der Waals surface area contributed by atoms with Crippen LogP contribution in [0.25, 0.3) is 0 Å². The van der Waals surface area contributed by atoms with Crippen molar-refractivity contribution >= 4 is 5.91 Å². The Kier molecular flexibility index (Phi) is 4.97. The van der Waals surface area contributed by atoms with Crippen LogP contribution in [0.3, 0.4) is 0 Å². The Morgan fingerprint density at radius 2 is 2.30 bits per heavy atom. The highest BCUT2D eigenvalue weighted by Gasteiger charge is 2.42. The molecule has 2 aliphatic heterocycles. The van der Waals surface area contributed by atoms with E-state index in [1.165, 1.54) is 0 Å². The van der Waals surface area contributed by atoms with E-state index in [0.29, 0.717) is 23.6 Å². The highest BCUT2D eigenvalue weighted by Crippen LogP contribution is 2.35. The molecule has 0 unspecified atom stereocenters. The summed E-state index contributed by atoms with van der Waals surface area (Å²) in [4.78, 5) is 21.1. The summed E-state index contributed by atoms with van der Waals surface area (Å²) in [5, 5.41) is 0. The van der Waals surface area contributed by atoms with E-state index in [4.69, 9.17) is 4.74 Å². The van der Waals surface area contributed by atoms with Gasteiger partial charge in [0.15, 0.2) is 0 Å². The van der Waals surface area contributed by atoms with Gasteiger partial charge in [0.2, 0.25) is 0 Å². The third kappa shape index (κ3) is 3.56. The Bertz CT molecular complexity index is 534. The molecule has 23 heavy (non-hydrogen) atoms. The molecule has 3 heterocycles. The van der Waals surface area contributed by atoms with Gasteiger partial charge in [0, 0.05) is 37.8 Å². The number of amides is 1. The van der Waals surface area contributed by atoms with Gasteiger partial charge >= 0.3 is 0 Å². The first kappa shape index (κ1) is 16.4. The fourth-order valence-electron chi connectivity index (χ4n) is 3.55. The van der Waals surface area contributed by atoms with Crippen LogP contribution in [-0.4, -0.2) is 66.1 Å². The number of pyridine rings is 1. The van der Waals surface area contributed by atoms with Gasteiger partial charge in [0.05, 0.1) is 12.7 Å². The summed E-state index contributed by atoms with van der Waals surface area (Å²) in [5.74, 6) is 1.08. The van der Waals surface area contributed by atoms with E-state index < -0.39 is 0 Å². The van der Waals surface area contributed by atoms with E-state index in [1.54, 1.807) is 12.3 Å². The summed E-state index contributed by atoms with van der Waals surface area (Å²) >= 11 is 0. The second kappa shape index (κ2) is 6.97. The molecule has 0 aliphatic carbocycles. The molecule has 1 amide bonds. The standard InChI is InChI=1S/C18H27N3O2/c1-13(2)20(3)11-17-15-10-21(9-7-14(15)12-23-17)18(22)16-6-4-5-8-19-16/h4-6,8,13-15,17H,7,9-12H2,1-3H3/t14-,15-,17+/m1/s1. The Hall–Kier alpha value is -1.46. The molecule has 0 spiro atoms. The Morgan fingerprint density at radius 3 is 3.00 bits per heavy atom. The van der Waals surface area contributed by atoms with Crippen molar-refractivity contribution in [3.63, 3.8) is 0 Å². The number of ether oxygens (including phenoxy) is 1. The highest BCUT2D eigenvalue weighted by atomic mass is 16.5. The summed E-state index contributed by atoms with van der Waals surface area (Å²) in [6.07, 6.45) is 2.94. The predicted molar refractivity (Wildman–Crippen MR) is 89.2 cm³/mol. The molecule has 3 atom stereocenters. The molecule has 126 valence electrons. The minimum atomic E-state index is 0.0481. The number of likely N-dealkylation sites (tertiary alicyclic amines) is 1. The minimum absolute atomic E-state index is 0.0481. The molecule has 1 aromatic heterocycles. The molecule has 1 aromatic rings. The molecule has 0 bridgehead atoms. The number of hydrogen-bond donors (Lipinski definition) is 0. The van der Waals surface area contributed by atoms with Crippen molar-refractivity contribution in [1.29, 1.82) is 0 Å². The molecule has 5 heteroatoms. The molecule has 3 rings (SSSR count). The first-order chi connectivity index (χ1) is 11.1. The maximum absolute atomic E-state index is 12.6. The van der Waals surface area contributed by atoms with Crippen molar-refractivity contribution in [2.45, 2.75) is 32.4 Å². The van der Waals surface area contributed by atoms with Crippen LogP contribution in [0, 0.1) is 11.8 Å². The lowest BCUT2D eigenvalue weighted by molar-refractivity contribution is 0.0390. The number of rotatable bonds is 4. The second-order valence-electron chi connectivity index (χ2n) is 7.08. The number of piperidine rings is 1. The second-order valence-corrected chi connectivity index (χ2v) is 7.08. The molecule has 0 N–H and O–H groups in total. The zero-order chi connectivity index (χ0) is 16.4. The van der Waals surface area contributed by atoms with E-state index in [0.717, 1.165) is 32.7 Å². The highest BCUT2D eigenvalue weighted by molar-refractivity contribution is 5.92. The van der Waals surface area contributed by atoms with Crippen LogP contribution in [0.15, 0.2) is 24.4 Å². The lowest BCUT2D eigenvalue weighted by atomic mass is 9.84. The van der Waals surface area contributed by atoms with Gasteiger partial charge in [-0.05, 0) is 45.4 Å². The number of fused-ring (bicyclic) bond motifs is 1. The fourth-order valence-corrected chi connectivity index (χ4v) is 3.55. The fraction of sp³-hybridized carbons (Fsp3) is 0.667. The number of nitrogens with zero attached hydrogens (tertiary/aromatic N) is 3. The van der Waals surface area contributed by atoms with Crippen molar-refractivity contribution in [2.24, 2.45) is 11.8 Å². The summed E-state index contributed by atoms with van der Waals surface area (Å²) in [6.45, 7) is 7.77. The van der Waals surface area contributed by atoms with Crippen molar-refractivity contribution in [3.8, 4) is 0 Å². The van der Waals surface area contributed by atoms with Crippen LogP contribution in [0.1, 0.15) is 30.8 Å². The molecule has 0 aromatic carbocycles. The van der Waals surface area contributed by atoms with Crippen molar-refractivity contribution in [1.82, 2.24) is 14.8 Å². The van der Waals surface area contributed by atoms with Crippen LogP contribution in [0.2, 0.25) is 0 Å². The molecule has 2 fully saturated rings. The summed E-state index contributed by atoms with van der Waals surface area (Å²) < 4.78 is 6.06. The number of likely N-dealkylation sites (N-methyl/N-ethyl adjacent to an activating group) is 1. The largest absolute Gasteiger partial charge is 0.376 e. The van der Waals surface area contributed by atoms with Gasteiger partial charge in [-0.3, -0.25) is 9.78 Å². The third-order valence-electron chi connectivity index (χ3n) is 5.33. The Morgan fingerprint density at radius 1 is 1.48 bits per heavy atom. The van der Waals surface area contributed by atoms with Gasteiger partial charge in [-0.1, -0.05) is 6.07 Å². The summed E-state index contributed by atoms with van der Waals surface area (Å²) in [7, 11) is 2.14. The van der Waals surface area contributed by atoms with Crippen LogP contribution in [0.4, 0.5) is 0 Å². The maximum Gasteiger partial charge on any atom is 0.272 e. The quantitative estimate of drug-likeness (QED) is 0.851. The van der Waals surface area contributed by atoms with E-state index in [-0.39, 0.29) is 12.0 Å². The third-order valence-corrected chi connectivity index (χ3v) is 5.33. The zero-order valence-electron chi connectivity index (χ0n) is 14.3. The molecule has 0 saturated carbocycles. The van der Waals surface area contributed by atoms with Gasteiger partial charge in [-0.2, -0.15) is 0 Å². The lowest BCUT2D eigenvalue weighted by Gasteiger charge is -2.37. The molecule has 2 saturated heterocycles. The number of hydrogen-bond acceptors (Lipinski definition) is 4. The molecule has 2 aliphatic rings. The average molecular weight is 317 g/mol. The van der Waals surface area contributed by atoms with Gasteiger partial charge in [0.1, 0.15) is 5.69 Å².